The number of hydrogen-bond acceptors (Lipinski definition) is 5. The first kappa shape index (κ1) is 13.9. The molecular formula is C14H15N3O3. The summed E-state index contributed by atoms with van der Waals surface area (Å²) in [7, 11) is 0. The lowest BCUT2D eigenvalue weighted by Gasteiger charge is -2.15. The number of benzene rings is 1. The van der Waals surface area contributed by atoms with E-state index in [2.05, 4.69) is 10.3 Å². The van der Waals surface area contributed by atoms with E-state index < -0.39 is 5.92 Å². The average molecular weight is 273 g/mol. The average Bonchev–Trinajstić information content (AvgIpc) is 2.93. The second-order valence-electron chi connectivity index (χ2n) is 4.23. The number of aromatic nitrogens is 2. The fourth-order valence-electron chi connectivity index (χ4n) is 1.93. The van der Waals surface area contributed by atoms with Gasteiger partial charge in [-0.25, -0.2) is 0 Å². The molecule has 2 aromatic rings. The van der Waals surface area contributed by atoms with Crippen molar-refractivity contribution in [2.45, 2.75) is 19.4 Å². The van der Waals surface area contributed by atoms with E-state index in [0.717, 1.165) is 5.56 Å². The summed E-state index contributed by atoms with van der Waals surface area (Å²) < 4.78 is 6.62. The number of ether oxygens (including phenoxy) is 1. The van der Waals surface area contributed by atoms with Crippen LogP contribution >= 0.6 is 0 Å². The summed E-state index contributed by atoms with van der Waals surface area (Å²) in [6.45, 7) is 2.39. The van der Waals surface area contributed by atoms with Gasteiger partial charge >= 0.3 is 5.97 Å². The van der Waals surface area contributed by atoms with Crippen LogP contribution in [-0.4, -0.2) is 22.4 Å². The highest BCUT2D eigenvalue weighted by Crippen LogP contribution is 2.20. The molecule has 1 aromatic heterocycles. The zero-order chi connectivity index (χ0) is 14.4. The first-order chi connectivity index (χ1) is 9.74. The third-order valence-corrected chi connectivity index (χ3v) is 2.87. The maximum absolute atomic E-state index is 12.1. The van der Waals surface area contributed by atoms with Crippen LogP contribution in [0.5, 0.6) is 0 Å². The van der Waals surface area contributed by atoms with E-state index in [1.54, 1.807) is 6.92 Å². The number of nitrogens with zero attached hydrogens (tertiary/aromatic N) is 3. The molecule has 0 radical (unpaired) electrons. The van der Waals surface area contributed by atoms with E-state index in [1.807, 2.05) is 30.3 Å². The highest BCUT2D eigenvalue weighted by Gasteiger charge is 2.22. The minimum Gasteiger partial charge on any atom is -0.465 e. The Morgan fingerprint density at radius 3 is 2.75 bits per heavy atom. The predicted molar refractivity (Wildman–Crippen MR) is 73.5 cm³/mol. The van der Waals surface area contributed by atoms with Crippen molar-refractivity contribution < 1.29 is 9.53 Å². The lowest BCUT2D eigenvalue weighted by atomic mass is 9.99. The van der Waals surface area contributed by atoms with Gasteiger partial charge in [-0.05, 0) is 17.7 Å². The van der Waals surface area contributed by atoms with Crippen LogP contribution in [0, 0.1) is 4.91 Å². The Morgan fingerprint density at radius 1 is 1.40 bits per heavy atom. The van der Waals surface area contributed by atoms with Crippen molar-refractivity contribution in [3.05, 3.63) is 53.2 Å². The molecule has 0 saturated carbocycles. The Labute approximate surface area is 116 Å². The highest BCUT2D eigenvalue weighted by atomic mass is 16.5. The fraction of sp³-hybridized carbons (Fsp3) is 0.286. The molecule has 6 nitrogen and oxygen atoms in total. The van der Waals surface area contributed by atoms with Gasteiger partial charge in [-0.15, -0.1) is 4.91 Å². The van der Waals surface area contributed by atoms with Crippen LogP contribution in [-0.2, 0) is 16.1 Å². The van der Waals surface area contributed by atoms with Gasteiger partial charge in [0.25, 0.3) is 0 Å². The summed E-state index contributed by atoms with van der Waals surface area (Å²) in [6.07, 6.45) is 2.86. The Morgan fingerprint density at radius 2 is 2.15 bits per heavy atom. The van der Waals surface area contributed by atoms with E-state index in [4.69, 9.17) is 4.74 Å². The van der Waals surface area contributed by atoms with Crippen molar-refractivity contribution in [1.29, 1.82) is 0 Å². The van der Waals surface area contributed by atoms with Crippen molar-refractivity contribution in [2.24, 2.45) is 5.18 Å². The maximum atomic E-state index is 12.1. The number of carbonyl (C=O) groups excluding carboxylic acids is 1. The van der Waals surface area contributed by atoms with E-state index in [9.17, 15) is 9.70 Å². The highest BCUT2D eigenvalue weighted by molar-refractivity contribution is 5.78. The monoisotopic (exact) mass is 273 g/mol. The van der Waals surface area contributed by atoms with Gasteiger partial charge in [0.15, 0.2) is 0 Å². The number of nitroso groups, excluding NO2 is 1. The summed E-state index contributed by atoms with van der Waals surface area (Å²) in [5.41, 5.74) is 1.09. The van der Waals surface area contributed by atoms with Crippen molar-refractivity contribution in [3.63, 3.8) is 0 Å². The molecule has 0 aliphatic carbocycles. The molecule has 6 heteroatoms. The SMILES string of the molecule is CCOC(=O)C(Cn1cc(N=O)cn1)c1ccccc1. The topological polar surface area (TPSA) is 73.6 Å². The fourth-order valence-corrected chi connectivity index (χ4v) is 1.93. The summed E-state index contributed by atoms with van der Waals surface area (Å²) in [4.78, 5) is 22.5. The molecule has 0 amide bonds. The van der Waals surface area contributed by atoms with Gasteiger partial charge in [-0.1, -0.05) is 30.3 Å². The maximum Gasteiger partial charge on any atom is 0.315 e. The van der Waals surface area contributed by atoms with Gasteiger partial charge in [-0.3, -0.25) is 9.48 Å². The quantitative estimate of drug-likeness (QED) is 0.599. The molecule has 1 atom stereocenters. The Hall–Kier alpha value is -2.50. The second kappa shape index (κ2) is 6.60. The molecule has 0 spiro atoms. The molecule has 0 fully saturated rings. The van der Waals surface area contributed by atoms with Gasteiger partial charge in [0.2, 0.25) is 0 Å². The van der Waals surface area contributed by atoms with Gasteiger partial charge in [-0.2, -0.15) is 5.10 Å². The zero-order valence-electron chi connectivity index (χ0n) is 11.1. The largest absolute Gasteiger partial charge is 0.465 e. The molecule has 0 bridgehead atoms. The van der Waals surface area contributed by atoms with Crippen LogP contribution in [0.1, 0.15) is 18.4 Å². The first-order valence-electron chi connectivity index (χ1n) is 6.32. The third kappa shape index (κ3) is 3.28. The van der Waals surface area contributed by atoms with Crippen LogP contribution in [0.2, 0.25) is 0 Å². The molecule has 0 aliphatic rings. The van der Waals surface area contributed by atoms with Crippen molar-refractivity contribution >= 4 is 11.7 Å². The van der Waals surface area contributed by atoms with Crippen LogP contribution < -0.4 is 0 Å². The van der Waals surface area contributed by atoms with Crippen LogP contribution in [0.3, 0.4) is 0 Å². The van der Waals surface area contributed by atoms with Gasteiger partial charge < -0.3 is 4.74 Å². The summed E-state index contributed by atoms with van der Waals surface area (Å²) >= 11 is 0. The predicted octanol–water partition coefficient (Wildman–Crippen LogP) is 2.63. The first-order valence-corrected chi connectivity index (χ1v) is 6.32. The third-order valence-electron chi connectivity index (χ3n) is 2.87. The molecule has 0 saturated heterocycles. The molecular weight excluding hydrogens is 258 g/mol. The second-order valence-corrected chi connectivity index (χ2v) is 4.23. The van der Waals surface area contributed by atoms with Crippen LogP contribution in [0.4, 0.5) is 5.69 Å². The van der Waals surface area contributed by atoms with Crippen molar-refractivity contribution in [2.75, 3.05) is 6.61 Å². The van der Waals surface area contributed by atoms with E-state index in [0.29, 0.717) is 13.2 Å². The zero-order valence-corrected chi connectivity index (χ0v) is 11.1. The number of hydrogen-bond donors (Lipinski definition) is 0. The summed E-state index contributed by atoms with van der Waals surface area (Å²) in [5, 5.41) is 6.81. The Kier molecular flexibility index (Phi) is 4.60. The van der Waals surface area contributed by atoms with E-state index in [1.165, 1.54) is 17.1 Å². The molecule has 2 rings (SSSR count). The Bertz CT molecular complexity index is 580. The molecule has 0 N–H and O–H groups in total. The lowest BCUT2D eigenvalue weighted by Crippen LogP contribution is -2.21. The summed E-state index contributed by atoms with van der Waals surface area (Å²) in [5.74, 6) is -0.773. The minimum absolute atomic E-state index is 0.237. The van der Waals surface area contributed by atoms with Crippen molar-refractivity contribution in [1.82, 2.24) is 9.78 Å². The molecule has 20 heavy (non-hydrogen) atoms. The molecule has 0 aliphatic heterocycles. The Balaban J connectivity index is 2.22. The lowest BCUT2D eigenvalue weighted by molar-refractivity contribution is -0.145. The van der Waals surface area contributed by atoms with E-state index in [-0.39, 0.29) is 11.7 Å². The molecule has 1 aromatic carbocycles. The minimum atomic E-state index is -0.462. The van der Waals surface area contributed by atoms with Crippen LogP contribution in [0.15, 0.2) is 47.9 Å². The van der Waals surface area contributed by atoms with Gasteiger partial charge in [0.05, 0.1) is 25.5 Å². The smallest absolute Gasteiger partial charge is 0.315 e. The van der Waals surface area contributed by atoms with E-state index >= 15 is 0 Å². The molecule has 1 heterocycles. The summed E-state index contributed by atoms with van der Waals surface area (Å²) in [6, 6.07) is 9.34. The number of rotatable bonds is 6. The number of esters is 1. The number of carbonyl (C=O) groups is 1. The van der Waals surface area contributed by atoms with Crippen LogP contribution in [0.25, 0.3) is 0 Å². The van der Waals surface area contributed by atoms with Gasteiger partial charge in [0, 0.05) is 0 Å². The van der Waals surface area contributed by atoms with Crippen molar-refractivity contribution in [3.8, 4) is 0 Å². The molecule has 104 valence electrons. The van der Waals surface area contributed by atoms with Gasteiger partial charge in [0.1, 0.15) is 11.6 Å². The molecule has 1 unspecified atom stereocenters. The normalized spacial score (nSPS) is 11.8. The standard InChI is InChI=1S/C14H15N3O3/c1-2-20-14(18)13(11-6-4-3-5-7-11)10-17-9-12(16-19)8-15-17/h3-9,13H,2,10H2,1H3.